The van der Waals surface area contributed by atoms with Crippen LogP contribution in [0.3, 0.4) is 0 Å². The Morgan fingerprint density at radius 3 is 2.24 bits per heavy atom. The molecule has 1 aliphatic heterocycles. The van der Waals surface area contributed by atoms with Crippen LogP contribution in [0.25, 0.3) is 0 Å². The molecule has 1 amide bonds. The molecule has 2 aromatic heterocycles. The standard InChI is InChI=1S/C24H28F6N6O2/c1-2-4-14-11-15(20-18(14)19(24(28,29)30)21(38)34-33-20)5-3-6-17(37)35-7-9-36(10-8-35)22-31-12-16(13-32-22)23(25,26)27/h12-15H,2-11H2,1H3,(H,34,38)/t14?,15-/m1/s1. The summed E-state index contributed by atoms with van der Waals surface area (Å²) in [6.07, 6.45) is -5.07. The highest BCUT2D eigenvalue weighted by atomic mass is 19.4. The van der Waals surface area contributed by atoms with E-state index in [2.05, 4.69) is 15.1 Å². The Morgan fingerprint density at radius 2 is 1.66 bits per heavy atom. The van der Waals surface area contributed by atoms with Gasteiger partial charge in [-0.05, 0) is 37.2 Å². The minimum Gasteiger partial charge on any atom is -0.339 e. The number of fused-ring (bicyclic) bond motifs is 1. The SMILES string of the molecule is CCCC1C[C@@H](CCCC(=O)N2CCN(c3ncc(C(F)(F)F)cn3)CC2)c2n[nH]c(=O)c(C(F)(F)F)c21. The lowest BCUT2D eigenvalue weighted by Crippen LogP contribution is -2.49. The van der Waals surface area contributed by atoms with Crippen molar-refractivity contribution in [1.29, 1.82) is 0 Å². The summed E-state index contributed by atoms with van der Waals surface area (Å²) in [5.41, 5.74) is -3.05. The number of aromatic amines is 1. The molecule has 208 valence electrons. The molecule has 1 unspecified atom stereocenters. The predicted octanol–water partition coefficient (Wildman–Crippen LogP) is 4.49. The third-order valence-corrected chi connectivity index (χ3v) is 7.16. The maximum Gasteiger partial charge on any atom is 0.422 e. The number of carbonyl (C=O) groups excluding carboxylic acids is 1. The van der Waals surface area contributed by atoms with E-state index in [0.717, 1.165) is 12.4 Å². The number of nitrogens with one attached hydrogen (secondary N) is 1. The number of rotatable bonds is 7. The van der Waals surface area contributed by atoms with Crippen molar-refractivity contribution in [1.82, 2.24) is 25.1 Å². The van der Waals surface area contributed by atoms with Crippen LogP contribution in [0.15, 0.2) is 17.2 Å². The summed E-state index contributed by atoms with van der Waals surface area (Å²) in [5.74, 6) is -0.620. The molecule has 14 heteroatoms. The van der Waals surface area contributed by atoms with Gasteiger partial charge in [-0.3, -0.25) is 9.59 Å². The van der Waals surface area contributed by atoms with Crippen LogP contribution < -0.4 is 10.5 Å². The summed E-state index contributed by atoms with van der Waals surface area (Å²) >= 11 is 0. The number of halogens is 6. The van der Waals surface area contributed by atoms with Crippen LogP contribution in [-0.4, -0.2) is 57.2 Å². The summed E-state index contributed by atoms with van der Waals surface area (Å²) in [4.78, 5) is 35.7. The first-order chi connectivity index (χ1) is 17.9. The normalized spacial score (nSPS) is 20.1. The highest BCUT2D eigenvalue weighted by Crippen LogP contribution is 2.48. The van der Waals surface area contributed by atoms with Crippen molar-refractivity contribution in [3.05, 3.63) is 45.1 Å². The van der Waals surface area contributed by atoms with E-state index in [1.165, 1.54) is 0 Å². The van der Waals surface area contributed by atoms with Crippen LogP contribution in [0.2, 0.25) is 0 Å². The second-order valence-corrected chi connectivity index (χ2v) is 9.67. The third-order valence-electron chi connectivity index (χ3n) is 7.16. The molecular weight excluding hydrogens is 518 g/mol. The van der Waals surface area contributed by atoms with Crippen molar-refractivity contribution in [2.75, 3.05) is 31.1 Å². The molecule has 2 aromatic rings. The Morgan fingerprint density at radius 1 is 1.00 bits per heavy atom. The molecule has 2 atom stereocenters. The van der Waals surface area contributed by atoms with Crippen LogP contribution in [0.5, 0.6) is 0 Å². The minimum absolute atomic E-state index is 0.000957. The summed E-state index contributed by atoms with van der Waals surface area (Å²) in [5, 5.41) is 5.98. The molecule has 2 aliphatic rings. The molecule has 1 aliphatic carbocycles. The third kappa shape index (κ3) is 5.93. The van der Waals surface area contributed by atoms with Gasteiger partial charge in [0.1, 0.15) is 5.56 Å². The molecule has 1 saturated heterocycles. The molecule has 0 bridgehead atoms. The Bertz CT molecular complexity index is 1190. The molecule has 3 heterocycles. The average Bonchev–Trinajstić information content (AvgIpc) is 3.20. The number of hydrogen-bond acceptors (Lipinski definition) is 6. The maximum absolute atomic E-state index is 13.7. The summed E-state index contributed by atoms with van der Waals surface area (Å²) in [6, 6.07) is 0. The molecular formula is C24H28F6N6O2. The second-order valence-electron chi connectivity index (χ2n) is 9.67. The van der Waals surface area contributed by atoms with Gasteiger partial charge in [0.15, 0.2) is 0 Å². The number of anilines is 1. The second kappa shape index (κ2) is 10.9. The Kier molecular flexibility index (Phi) is 7.98. The topological polar surface area (TPSA) is 95.1 Å². The fourth-order valence-electron chi connectivity index (χ4n) is 5.37. The van der Waals surface area contributed by atoms with Crippen LogP contribution >= 0.6 is 0 Å². The van der Waals surface area contributed by atoms with Gasteiger partial charge in [0.05, 0.1) is 11.3 Å². The molecule has 8 nitrogen and oxygen atoms in total. The first-order valence-corrected chi connectivity index (χ1v) is 12.5. The molecule has 0 saturated carbocycles. The predicted molar refractivity (Wildman–Crippen MR) is 125 cm³/mol. The largest absolute Gasteiger partial charge is 0.422 e. The van der Waals surface area contributed by atoms with Gasteiger partial charge in [-0.15, -0.1) is 0 Å². The Hall–Kier alpha value is -3.19. The molecule has 1 N–H and O–H groups in total. The number of hydrogen-bond donors (Lipinski definition) is 1. The van der Waals surface area contributed by atoms with E-state index in [-0.39, 0.29) is 35.5 Å². The zero-order valence-electron chi connectivity index (χ0n) is 20.7. The van der Waals surface area contributed by atoms with Gasteiger partial charge in [-0.1, -0.05) is 13.3 Å². The van der Waals surface area contributed by atoms with Crippen molar-refractivity contribution >= 4 is 11.9 Å². The van der Waals surface area contributed by atoms with Gasteiger partial charge >= 0.3 is 12.4 Å². The van der Waals surface area contributed by atoms with Crippen LogP contribution in [0.4, 0.5) is 32.3 Å². The van der Waals surface area contributed by atoms with Crippen molar-refractivity contribution < 1.29 is 31.1 Å². The Labute approximate surface area is 214 Å². The number of piperazine rings is 1. The number of amides is 1. The fraction of sp³-hybridized carbons (Fsp3) is 0.625. The van der Waals surface area contributed by atoms with Crippen LogP contribution in [0.1, 0.15) is 79.7 Å². The smallest absolute Gasteiger partial charge is 0.339 e. The average molecular weight is 547 g/mol. The quantitative estimate of drug-likeness (QED) is 0.515. The van der Waals surface area contributed by atoms with Crippen molar-refractivity contribution in [3.63, 3.8) is 0 Å². The monoisotopic (exact) mass is 546 g/mol. The molecule has 4 rings (SSSR count). The van der Waals surface area contributed by atoms with Crippen molar-refractivity contribution in [3.8, 4) is 0 Å². The minimum atomic E-state index is -4.77. The van der Waals surface area contributed by atoms with Crippen molar-refractivity contribution in [2.24, 2.45) is 0 Å². The zero-order chi connectivity index (χ0) is 27.7. The number of aromatic nitrogens is 4. The van der Waals surface area contributed by atoms with Crippen LogP contribution in [-0.2, 0) is 17.1 Å². The lowest BCUT2D eigenvalue weighted by atomic mass is 9.93. The highest BCUT2D eigenvalue weighted by molar-refractivity contribution is 5.76. The molecule has 0 aromatic carbocycles. The Balaban J connectivity index is 1.32. The summed E-state index contributed by atoms with van der Waals surface area (Å²) in [7, 11) is 0. The number of alkyl halides is 6. The maximum atomic E-state index is 13.7. The van der Waals surface area contributed by atoms with E-state index in [9.17, 15) is 35.9 Å². The van der Waals surface area contributed by atoms with E-state index in [4.69, 9.17) is 0 Å². The summed E-state index contributed by atoms with van der Waals surface area (Å²) in [6.45, 7) is 3.31. The molecule has 0 spiro atoms. The van der Waals surface area contributed by atoms with Gasteiger partial charge in [0.25, 0.3) is 5.56 Å². The lowest BCUT2D eigenvalue weighted by molar-refractivity contribution is -0.140. The van der Waals surface area contributed by atoms with E-state index in [1.54, 1.807) is 9.80 Å². The zero-order valence-corrected chi connectivity index (χ0v) is 20.7. The number of carbonyl (C=O) groups is 1. The van der Waals surface area contributed by atoms with Crippen LogP contribution in [0, 0.1) is 0 Å². The van der Waals surface area contributed by atoms with Gasteiger partial charge in [0, 0.05) is 50.9 Å². The number of H-pyrrole nitrogens is 1. The molecule has 38 heavy (non-hydrogen) atoms. The molecule has 1 fully saturated rings. The van der Waals surface area contributed by atoms with E-state index in [1.807, 2.05) is 12.0 Å². The first-order valence-electron chi connectivity index (χ1n) is 12.5. The summed E-state index contributed by atoms with van der Waals surface area (Å²) < 4.78 is 79.1. The van der Waals surface area contributed by atoms with Gasteiger partial charge in [-0.2, -0.15) is 31.4 Å². The molecule has 0 radical (unpaired) electrons. The van der Waals surface area contributed by atoms with Gasteiger partial charge < -0.3 is 9.80 Å². The van der Waals surface area contributed by atoms with E-state index >= 15 is 0 Å². The number of nitrogens with zero attached hydrogens (tertiary/aromatic N) is 5. The van der Waals surface area contributed by atoms with E-state index < -0.39 is 35.0 Å². The van der Waals surface area contributed by atoms with E-state index in [0.29, 0.717) is 58.3 Å². The first kappa shape index (κ1) is 27.8. The van der Waals surface area contributed by atoms with Gasteiger partial charge in [-0.25, -0.2) is 15.1 Å². The van der Waals surface area contributed by atoms with Crippen molar-refractivity contribution in [2.45, 2.75) is 69.6 Å². The van der Waals surface area contributed by atoms with Gasteiger partial charge in [0.2, 0.25) is 11.9 Å². The lowest BCUT2D eigenvalue weighted by Gasteiger charge is -2.34. The highest BCUT2D eigenvalue weighted by Gasteiger charge is 2.44. The fourth-order valence-corrected chi connectivity index (χ4v) is 5.37.